The first-order chi connectivity index (χ1) is 5.35. The van der Waals surface area contributed by atoms with Gasteiger partial charge < -0.3 is 4.74 Å². The van der Waals surface area contributed by atoms with Crippen molar-refractivity contribution in [3.8, 4) is 0 Å². The molecule has 2 nitrogen and oxygen atoms in total. The Kier molecular flexibility index (Phi) is 6.64. The molecule has 0 radical (unpaired) electrons. The van der Waals surface area contributed by atoms with Crippen LogP contribution in [0.2, 0.25) is 0 Å². The van der Waals surface area contributed by atoms with Crippen LogP contribution in [0.25, 0.3) is 0 Å². The van der Waals surface area contributed by atoms with Gasteiger partial charge in [-0.1, -0.05) is 12.2 Å². The molecule has 0 N–H and O–H groups in total. The third-order valence-corrected chi connectivity index (χ3v) is 1.07. The molecule has 62 valence electrons. The number of hydrogen-bond donors (Lipinski definition) is 0. The molecule has 0 spiro atoms. The molecule has 0 amide bonds. The summed E-state index contributed by atoms with van der Waals surface area (Å²) in [4.78, 5) is 4.11. The Morgan fingerprint density at radius 1 is 1.45 bits per heavy atom. The first kappa shape index (κ1) is 10.1. The van der Waals surface area contributed by atoms with Crippen LogP contribution in [0, 0.1) is 0 Å². The van der Waals surface area contributed by atoms with E-state index in [2.05, 4.69) is 4.99 Å². The molecule has 0 aromatic rings. The average molecular weight is 153 g/mol. The number of hydrogen-bond acceptors (Lipinski definition) is 2. The Morgan fingerprint density at radius 3 is 2.64 bits per heavy atom. The zero-order valence-corrected chi connectivity index (χ0v) is 7.37. The molecule has 0 aromatic heterocycles. The second-order valence-corrected chi connectivity index (χ2v) is 2.00. The lowest BCUT2D eigenvalue weighted by Crippen LogP contribution is -1.90. The van der Waals surface area contributed by atoms with E-state index in [-0.39, 0.29) is 0 Å². The Balaban J connectivity index is 4.07. The van der Waals surface area contributed by atoms with Gasteiger partial charge in [0.25, 0.3) is 0 Å². The lowest BCUT2D eigenvalue weighted by atomic mass is 10.4. The predicted octanol–water partition coefficient (Wildman–Crippen LogP) is 2.18. The highest BCUT2D eigenvalue weighted by Crippen LogP contribution is 1.96. The van der Waals surface area contributed by atoms with Gasteiger partial charge in [0.2, 0.25) is 0 Å². The summed E-state index contributed by atoms with van der Waals surface area (Å²) in [5.74, 6) is 0. The molecule has 0 saturated heterocycles. The van der Waals surface area contributed by atoms with E-state index in [1.165, 1.54) is 0 Å². The molecule has 0 aliphatic rings. The quantitative estimate of drug-likeness (QED) is 0.448. The van der Waals surface area contributed by atoms with Crippen molar-refractivity contribution in [2.24, 2.45) is 4.99 Å². The number of aliphatic imine (C=N–C) groups is 1. The van der Waals surface area contributed by atoms with E-state index in [9.17, 15) is 0 Å². The maximum absolute atomic E-state index is 4.94. The van der Waals surface area contributed by atoms with E-state index >= 15 is 0 Å². The smallest absolute Gasteiger partial charge is 0.0883 e. The second kappa shape index (κ2) is 7.22. The fourth-order valence-corrected chi connectivity index (χ4v) is 0.649. The van der Waals surface area contributed by atoms with Crippen LogP contribution in [0.15, 0.2) is 28.9 Å². The van der Waals surface area contributed by atoms with E-state index in [0.717, 1.165) is 5.70 Å². The van der Waals surface area contributed by atoms with Gasteiger partial charge in [-0.25, -0.2) is 0 Å². The third-order valence-electron chi connectivity index (χ3n) is 1.07. The minimum absolute atomic E-state index is 0.564. The zero-order valence-electron chi connectivity index (χ0n) is 7.37. The van der Waals surface area contributed by atoms with Gasteiger partial charge in [-0.3, -0.25) is 4.99 Å². The van der Waals surface area contributed by atoms with Gasteiger partial charge in [-0.15, -0.1) is 0 Å². The Hall–Kier alpha value is -0.890. The molecule has 0 aliphatic heterocycles. The topological polar surface area (TPSA) is 21.6 Å². The molecule has 11 heavy (non-hydrogen) atoms. The van der Waals surface area contributed by atoms with Crippen molar-refractivity contribution >= 4 is 6.21 Å². The van der Waals surface area contributed by atoms with Crippen LogP contribution in [-0.4, -0.2) is 19.9 Å². The van der Waals surface area contributed by atoms with Crippen LogP contribution in [0.3, 0.4) is 0 Å². The van der Waals surface area contributed by atoms with Gasteiger partial charge in [0.15, 0.2) is 0 Å². The molecule has 0 rings (SSSR count). The van der Waals surface area contributed by atoms with Crippen molar-refractivity contribution in [2.45, 2.75) is 13.8 Å². The summed E-state index contributed by atoms with van der Waals surface area (Å²) in [5, 5.41) is 0. The molecule has 0 heterocycles. The van der Waals surface area contributed by atoms with E-state index in [1.807, 2.05) is 32.1 Å². The molecule has 0 aromatic carbocycles. The van der Waals surface area contributed by atoms with Crippen molar-refractivity contribution in [3.63, 3.8) is 0 Å². The van der Waals surface area contributed by atoms with Crippen LogP contribution in [0.4, 0.5) is 0 Å². The Morgan fingerprint density at radius 2 is 2.18 bits per heavy atom. The van der Waals surface area contributed by atoms with E-state index in [0.29, 0.717) is 6.61 Å². The molecule has 0 bridgehead atoms. The monoisotopic (exact) mass is 153 g/mol. The maximum Gasteiger partial charge on any atom is 0.0883 e. The van der Waals surface area contributed by atoms with Crippen molar-refractivity contribution in [3.05, 3.63) is 23.9 Å². The van der Waals surface area contributed by atoms with Crippen LogP contribution in [0.5, 0.6) is 0 Å². The van der Waals surface area contributed by atoms with Gasteiger partial charge in [0.05, 0.1) is 12.3 Å². The van der Waals surface area contributed by atoms with Gasteiger partial charge in [0.1, 0.15) is 0 Å². The summed E-state index contributed by atoms with van der Waals surface area (Å²) in [5.41, 5.74) is 0.938. The predicted molar refractivity (Wildman–Crippen MR) is 48.9 cm³/mol. The SMILES string of the molecule is CC=N/C(=C\C=C/C)COC. The number of rotatable bonds is 4. The zero-order chi connectivity index (χ0) is 8.53. The largest absolute Gasteiger partial charge is 0.378 e. The van der Waals surface area contributed by atoms with Crippen LogP contribution in [0.1, 0.15) is 13.8 Å². The molecule has 0 unspecified atom stereocenters. The number of allylic oxidation sites excluding steroid dienone is 3. The molecule has 0 aliphatic carbocycles. The highest BCUT2D eigenvalue weighted by molar-refractivity contribution is 5.55. The molecule has 0 atom stereocenters. The lowest BCUT2D eigenvalue weighted by molar-refractivity contribution is 0.225. The summed E-state index contributed by atoms with van der Waals surface area (Å²) in [6.07, 6.45) is 7.60. The highest BCUT2D eigenvalue weighted by Gasteiger charge is 1.87. The number of methoxy groups -OCH3 is 1. The van der Waals surface area contributed by atoms with Crippen molar-refractivity contribution < 1.29 is 4.74 Å². The van der Waals surface area contributed by atoms with Crippen LogP contribution in [-0.2, 0) is 4.74 Å². The fourth-order valence-electron chi connectivity index (χ4n) is 0.649. The molecule has 2 heteroatoms. The molecule has 0 saturated carbocycles. The van der Waals surface area contributed by atoms with Gasteiger partial charge >= 0.3 is 0 Å². The minimum Gasteiger partial charge on any atom is -0.378 e. The third kappa shape index (κ3) is 5.55. The maximum atomic E-state index is 4.94. The summed E-state index contributed by atoms with van der Waals surface area (Å²) < 4.78 is 4.94. The Labute approximate surface area is 68.3 Å². The molecular weight excluding hydrogens is 138 g/mol. The van der Waals surface area contributed by atoms with Crippen molar-refractivity contribution in [1.29, 1.82) is 0 Å². The van der Waals surface area contributed by atoms with Gasteiger partial charge in [-0.05, 0) is 19.9 Å². The first-order valence-corrected chi connectivity index (χ1v) is 3.64. The summed E-state index contributed by atoms with van der Waals surface area (Å²) in [7, 11) is 1.66. The van der Waals surface area contributed by atoms with Crippen molar-refractivity contribution in [1.82, 2.24) is 0 Å². The summed E-state index contributed by atoms with van der Waals surface area (Å²) in [6.45, 7) is 4.42. The average Bonchev–Trinajstić information content (AvgIpc) is 2.01. The highest BCUT2D eigenvalue weighted by atomic mass is 16.5. The first-order valence-electron chi connectivity index (χ1n) is 3.64. The lowest BCUT2D eigenvalue weighted by Gasteiger charge is -1.96. The number of ether oxygens (including phenoxy) is 1. The van der Waals surface area contributed by atoms with Gasteiger partial charge in [0, 0.05) is 13.3 Å². The standard InChI is InChI=1S/C9H15NO/c1-4-6-7-9(8-11-3)10-5-2/h4-7H,8H2,1-3H3/b6-4-,9-7-,10-5?. The van der Waals surface area contributed by atoms with Crippen LogP contribution < -0.4 is 0 Å². The summed E-state index contributed by atoms with van der Waals surface area (Å²) in [6, 6.07) is 0. The van der Waals surface area contributed by atoms with Crippen molar-refractivity contribution in [2.75, 3.05) is 13.7 Å². The molecule has 0 fully saturated rings. The molecular formula is C9H15NO. The van der Waals surface area contributed by atoms with E-state index < -0.39 is 0 Å². The normalized spacial score (nSPS) is 13.5. The van der Waals surface area contributed by atoms with E-state index in [4.69, 9.17) is 4.74 Å². The number of nitrogens with zero attached hydrogens (tertiary/aromatic N) is 1. The Bertz CT molecular complexity index is 168. The van der Waals surface area contributed by atoms with Crippen LogP contribution >= 0.6 is 0 Å². The summed E-state index contributed by atoms with van der Waals surface area (Å²) >= 11 is 0. The fraction of sp³-hybridized carbons (Fsp3) is 0.444. The van der Waals surface area contributed by atoms with E-state index in [1.54, 1.807) is 13.3 Å². The minimum atomic E-state index is 0.564. The second-order valence-electron chi connectivity index (χ2n) is 2.00. The van der Waals surface area contributed by atoms with Gasteiger partial charge in [-0.2, -0.15) is 0 Å².